The van der Waals surface area contributed by atoms with E-state index in [1.807, 2.05) is 27.7 Å². The second-order valence-electron chi connectivity index (χ2n) is 15.6. The Labute approximate surface area is 268 Å². The molecule has 4 aliphatic rings. The van der Waals surface area contributed by atoms with Crippen LogP contribution in [0.25, 0.3) is 0 Å². The Kier molecular flexibility index (Phi) is 10.2. The minimum Gasteiger partial charge on any atom is -0.389 e. The molecule has 4 fully saturated rings. The molecule has 1 unspecified atom stereocenters. The van der Waals surface area contributed by atoms with E-state index in [0.29, 0.717) is 12.8 Å². The topological polar surface area (TPSA) is 211 Å². The first-order valence-electron chi connectivity index (χ1n) is 15.6. The van der Waals surface area contributed by atoms with E-state index in [0.717, 1.165) is 24.8 Å². The van der Waals surface area contributed by atoms with E-state index in [2.05, 4.69) is 20.4 Å². The van der Waals surface area contributed by atoms with Gasteiger partial charge >= 0.3 is 31.2 Å². The molecule has 0 heterocycles. The molecule has 0 bridgehead atoms. The van der Waals surface area contributed by atoms with E-state index in [9.17, 15) is 44.0 Å². The van der Waals surface area contributed by atoms with Crippen molar-refractivity contribution in [3.8, 4) is 0 Å². The average molecular weight is 703 g/mol. The maximum Gasteiger partial charge on any atom is 0.397 e. The van der Waals surface area contributed by atoms with Crippen LogP contribution in [0.3, 0.4) is 0 Å². The third kappa shape index (κ3) is 7.97. The van der Waals surface area contributed by atoms with Gasteiger partial charge in [0.05, 0.1) is 12.2 Å². The van der Waals surface area contributed by atoms with Crippen molar-refractivity contribution in [1.82, 2.24) is 0 Å². The highest BCUT2D eigenvalue weighted by atomic mass is 32.3. The maximum absolute atomic E-state index is 12.1. The Morgan fingerprint density at radius 1 is 0.800 bits per heavy atom. The largest absolute Gasteiger partial charge is 0.397 e. The molecule has 0 spiro atoms. The highest BCUT2D eigenvalue weighted by molar-refractivity contribution is 7.81. The molecule has 4 rings (SSSR count). The third-order valence-corrected chi connectivity index (χ3v) is 13.6. The highest BCUT2D eigenvalue weighted by Gasteiger charge is 2.65. The van der Waals surface area contributed by atoms with Gasteiger partial charge in [-0.25, -0.2) is 12.5 Å². The Morgan fingerprint density at radius 3 is 1.84 bits per heavy atom. The quantitative estimate of drug-likeness (QED) is 0.184. The van der Waals surface area contributed by atoms with E-state index >= 15 is 0 Å². The van der Waals surface area contributed by atoms with Gasteiger partial charge in [-0.3, -0.25) is 13.7 Å². The normalized spacial score (nSPS) is 40.6. The summed E-state index contributed by atoms with van der Waals surface area (Å²) in [7, 11) is -15.1. The summed E-state index contributed by atoms with van der Waals surface area (Å²) in [4.78, 5) is 0. The lowest BCUT2D eigenvalue weighted by Gasteiger charge is -2.63. The standard InChI is InChI=1S/C29H50O13S3/c1-16(12-23(30)17(2)27(3,4)5)19-8-9-20-18-13-24(40-43(31,32)33)22-14-25(41-44(34,35)36)26(42-45(37,38)39)15-29(22,7)21(18)10-11-28(19,20)6/h16,18-26,30H,2,8-15H2,1,3-7H3,(H,31,32,33)(H,34,35,36)(H,37,38,39)/t16-,18+,19-,20+,21+,22-,23?,24+,25+,26+,28-,29-/m1/s1. The molecule has 0 aromatic heterocycles. The molecule has 0 saturated heterocycles. The molecule has 45 heavy (non-hydrogen) atoms. The molecule has 0 aliphatic heterocycles. The Balaban J connectivity index is 1.67. The fraction of sp³-hybridized carbons (Fsp3) is 0.931. The summed E-state index contributed by atoms with van der Waals surface area (Å²) in [5.74, 6) is -0.331. The summed E-state index contributed by atoms with van der Waals surface area (Å²) < 4.78 is 115. The van der Waals surface area contributed by atoms with Crippen LogP contribution in [0.4, 0.5) is 0 Å². The van der Waals surface area contributed by atoms with E-state index < -0.39 is 66.9 Å². The van der Waals surface area contributed by atoms with Crippen molar-refractivity contribution >= 4 is 31.2 Å². The molecule has 0 radical (unpaired) electrons. The predicted octanol–water partition coefficient (Wildman–Crippen LogP) is 4.42. The predicted molar refractivity (Wildman–Crippen MR) is 164 cm³/mol. The van der Waals surface area contributed by atoms with E-state index in [1.165, 1.54) is 0 Å². The van der Waals surface area contributed by atoms with E-state index in [-0.39, 0.29) is 59.7 Å². The summed E-state index contributed by atoms with van der Waals surface area (Å²) in [5.41, 5.74) is -0.481. The molecule has 0 amide bonds. The monoisotopic (exact) mass is 702 g/mol. The van der Waals surface area contributed by atoms with Gasteiger partial charge in [0.15, 0.2) is 0 Å². The highest BCUT2D eigenvalue weighted by Crippen LogP contribution is 2.69. The van der Waals surface area contributed by atoms with Gasteiger partial charge in [0.1, 0.15) is 12.2 Å². The molecule has 16 heteroatoms. The van der Waals surface area contributed by atoms with E-state index in [1.54, 1.807) is 0 Å². The van der Waals surface area contributed by atoms with Crippen molar-refractivity contribution in [2.45, 2.75) is 117 Å². The molecular formula is C29H50O13S3. The Hall–Kier alpha value is -0.690. The molecule has 262 valence electrons. The lowest BCUT2D eigenvalue weighted by Crippen LogP contribution is -2.62. The first kappa shape index (κ1) is 37.1. The molecule has 4 saturated carbocycles. The Bertz CT molecular complexity index is 1450. The van der Waals surface area contributed by atoms with Gasteiger partial charge in [0, 0.05) is 0 Å². The fourth-order valence-corrected chi connectivity index (χ4v) is 11.7. The average Bonchev–Trinajstić information content (AvgIpc) is 3.18. The summed E-state index contributed by atoms with van der Waals surface area (Å²) >= 11 is 0. The Morgan fingerprint density at radius 2 is 1.31 bits per heavy atom. The van der Waals surface area contributed by atoms with Gasteiger partial charge < -0.3 is 5.11 Å². The van der Waals surface area contributed by atoms with Crippen LogP contribution in [-0.2, 0) is 43.7 Å². The third-order valence-electron chi connectivity index (χ3n) is 12.1. The lowest BCUT2D eigenvalue weighted by molar-refractivity contribution is -0.184. The SMILES string of the molecule is C=C(C(O)C[C@@H](C)[C@H]1CC[C@H]2[C@@H]3C[C@H](OS(=O)(=O)O)[C@H]4C[C@H](OS(=O)(=O)O)[C@@H](OS(=O)(=O)O)C[C@]4(C)[C@H]3CC[C@]12C)C(C)(C)C. The number of aliphatic hydroxyl groups is 1. The first-order chi connectivity index (χ1) is 20.3. The number of hydrogen-bond donors (Lipinski definition) is 4. The van der Waals surface area contributed by atoms with Crippen LogP contribution in [0, 0.1) is 51.8 Å². The summed E-state index contributed by atoms with van der Waals surface area (Å²) in [6, 6.07) is 0. The molecule has 12 atom stereocenters. The van der Waals surface area contributed by atoms with Gasteiger partial charge in [0.25, 0.3) is 0 Å². The van der Waals surface area contributed by atoms with Crippen LogP contribution in [0.2, 0.25) is 0 Å². The second kappa shape index (κ2) is 12.3. The van der Waals surface area contributed by atoms with Crippen molar-refractivity contribution in [2.24, 2.45) is 51.8 Å². The number of fused-ring (bicyclic) bond motifs is 5. The molecular weight excluding hydrogens is 653 g/mol. The van der Waals surface area contributed by atoms with Crippen LogP contribution < -0.4 is 0 Å². The minimum absolute atomic E-state index is 0.0821. The lowest BCUT2D eigenvalue weighted by atomic mass is 9.43. The van der Waals surface area contributed by atoms with Crippen molar-refractivity contribution in [1.29, 1.82) is 0 Å². The fourth-order valence-electron chi connectivity index (χ4n) is 10.2. The van der Waals surface area contributed by atoms with Gasteiger partial charge in [-0.2, -0.15) is 25.3 Å². The van der Waals surface area contributed by atoms with Gasteiger partial charge in [-0.15, -0.1) is 0 Å². The zero-order chi connectivity index (χ0) is 34.1. The van der Waals surface area contributed by atoms with Crippen LogP contribution >= 0.6 is 0 Å². The zero-order valence-corrected chi connectivity index (χ0v) is 29.3. The summed E-state index contributed by atoms with van der Waals surface area (Å²) in [6.07, 6.45) is -1.16. The summed E-state index contributed by atoms with van der Waals surface area (Å²) in [6.45, 7) is 16.5. The van der Waals surface area contributed by atoms with Gasteiger partial charge in [-0.1, -0.05) is 48.1 Å². The van der Waals surface area contributed by atoms with Crippen LogP contribution in [-0.4, -0.2) is 68.4 Å². The molecule has 13 nitrogen and oxygen atoms in total. The first-order valence-corrected chi connectivity index (χ1v) is 19.7. The van der Waals surface area contributed by atoms with Crippen molar-refractivity contribution in [2.75, 3.05) is 0 Å². The molecule has 0 aromatic carbocycles. The van der Waals surface area contributed by atoms with Crippen molar-refractivity contribution in [3.05, 3.63) is 12.2 Å². The minimum atomic E-state index is -5.09. The van der Waals surface area contributed by atoms with Crippen LogP contribution in [0.15, 0.2) is 12.2 Å². The van der Waals surface area contributed by atoms with Crippen LogP contribution in [0.5, 0.6) is 0 Å². The van der Waals surface area contributed by atoms with Gasteiger partial charge in [-0.05, 0) is 109 Å². The molecule has 0 aromatic rings. The van der Waals surface area contributed by atoms with Crippen molar-refractivity contribution < 1.29 is 56.6 Å². The van der Waals surface area contributed by atoms with Gasteiger partial charge in [0.2, 0.25) is 0 Å². The van der Waals surface area contributed by atoms with Crippen molar-refractivity contribution in [3.63, 3.8) is 0 Å². The second-order valence-corrected chi connectivity index (χ2v) is 18.7. The zero-order valence-electron chi connectivity index (χ0n) is 26.8. The summed E-state index contributed by atoms with van der Waals surface area (Å²) in [5, 5.41) is 11.0. The smallest absolute Gasteiger partial charge is 0.389 e. The molecule has 4 N–H and O–H groups in total. The number of aliphatic hydroxyl groups excluding tert-OH is 1. The number of hydrogen-bond acceptors (Lipinski definition) is 10. The van der Waals surface area contributed by atoms with E-state index in [4.69, 9.17) is 12.5 Å². The van der Waals surface area contributed by atoms with Crippen LogP contribution in [0.1, 0.15) is 92.9 Å². The molecule has 4 aliphatic carbocycles. The number of rotatable bonds is 10. The maximum atomic E-state index is 12.1.